The molecule has 0 atom stereocenters. The Morgan fingerprint density at radius 2 is 2.05 bits per heavy atom. The maximum absolute atomic E-state index is 5.87. The molecule has 0 fully saturated rings. The smallest absolute Gasteiger partial charge is 0.227 e. The van der Waals surface area contributed by atoms with E-state index in [1.807, 2.05) is 38.1 Å². The van der Waals surface area contributed by atoms with Crippen LogP contribution in [-0.4, -0.2) is 16.5 Å². The van der Waals surface area contributed by atoms with Gasteiger partial charge in [-0.2, -0.15) is 4.98 Å². The van der Waals surface area contributed by atoms with Crippen LogP contribution in [0.15, 0.2) is 28.7 Å². The summed E-state index contributed by atoms with van der Waals surface area (Å²) in [5.74, 6) is 2.87. The van der Waals surface area contributed by atoms with E-state index >= 15 is 0 Å². The zero-order chi connectivity index (χ0) is 14.5. The number of rotatable bonds is 5. The van der Waals surface area contributed by atoms with E-state index in [1.54, 1.807) is 0 Å². The van der Waals surface area contributed by atoms with Gasteiger partial charge in [-0.05, 0) is 38.5 Å². The highest BCUT2D eigenvalue weighted by Crippen LogP contribution is 2.28. The average Bonchev–Trinajstić information content (AvgIpc) is 2.41. The molecule has 0 unspecified atom stereocenters. The molecule has 0 aliphatic carbocycles. The Bertz CT molecular complexity index is 602. The van der Waals surface area contributed by atoms with Crippen LogP contribution in [0.3, 0.4) is 0 Å². The van der Waals surface area contributed by atoms with Gasteiger partial charge in [0.2, 0.25) is 5.88 Å². The summed E-state index contributed by atoms with van der Waals surface area (Å²) in [5.41, 5.74) is 0.920. The van der Waals surface area contributed by atoms with Gasteiger partial charge in [-0.25, -0.2) is 4.98 Å². The van der Waals surface area contributed by atoms with Crippen molar-refractivity contribution in [3.8, 4) is 11.6 Å². The van der Waals surface area contributed by atoms with E-state index < -0.39 is 0 Å². The van der Waals surface area contributed by atoms with Crippen molar-refractivity contribution in [1.29, 1.82) is 0 Å². The number of aromatic nitrogens is 2. The van der Waals surface area contributed by atoms with Crippen LogP contribution in [0, 0.1) is 13.8 Å². The Balaban J connectivity index is 2.29. The van der Waals surface area contributed by atoms with Crippen molar-refractivity contribution >= 4 is 21.7 Å². The number of nitrogens with zero attached hydrogens (tertiary/aromatic N) is 2. The fraction of sp³-hybridized carbons (Fsp3) is 0.333. The molecule has 4 nitrogen and oxygen atoms in total. The lowest BCUT2D eigenvalue weighted by molar-refractivity contribution is 0.455. The van der Waals surface area contributed by atoms with E-state index in [4.69, 9.17) is 4.74 Å². The number of hydrogen-bond acceptors (Lipinski definition) is 4. The molecule has 5 heteroatoms. The van der Waals surface area contributed by atoms with Crippen LogP contribution < -0.4 is 10.1 Å². The summed E-state index contributed by atoms with van der Waals surface area (Å²) < 4.78 is 6.85. The summed E-state index contributed by atoms with van der Waals surface area (Å²) in [6.07, 6.45) is 1.05. The fourth-order valence-corrected chi connectivity index (χ4v) is 2.14. The summed E-state index contributed by atoms with van der Waals surface area (Å²) in [4.78, 5) is 8.80. The second-order valence-corrected chi connectivity index (χ2v) is 5.45. The summed E-state index contributed by atoms with van der Waals surface area (Å²) in [5, 5.41) is 3.30. The number of nitrogens with one attached hydrogen (secondary N) is 1. The first-order chi connectivity index (χ1) is 9.60. The molecule has 0 spiro atoms. The number of benzene rings is 1. The Morgan fingerprint density at radius 1 is 1.25 bits per heavy atom. The predicted octanol–water partition coefficient (Wildman–Crippen LogP) is 4.47. The molecule has 0 bridgehead atoms. The molecule has 2 aromatic rings. The number of hydrogen-bond donors (Lipinski definition) is 1. The Labute approximate surface area is 127 Å². The van der Waals surface area contributed by atoms with Gasteiger partial charge in [0.15, 0.2) is 0 Å². The maximum Gasteiger partial charge on any atom is 0.227 e. The second kappa shape index (κ2) is 6.70. The van der Waals surface area contributed by atoms with E-state index in [1.165, 1.54) is 0 Å². The molecule has 1 aromatic carbocycles. The predicted molar refractivity (Wildman–Crippen MR) is 84.5 cm³/mol. The average molecular weight is 336 g/mol. The van der Waals surface area contributed by atoms with Gasteiger partial charge in [0.1, 0.15) is 17.4 Å². The van der Waals surface area contributed by atoms with Gasteiger partial charge in [0.05, 0.1) is 5.56 Å². The Kier molecular flexibility index (Phi) is 4.95. The first-order valence-electron chi connectivity index (χ1n) is 6.62. The zero-order valence-electron chi connectivity index (χ0n) is 11.9. The van der Waals surface area contributed by atoms with Crippen LogP contribution in [0.25, 0.3) is 0 Å². The minimum absolute atomic E-state index is 0.592. The van der Waals surface area contributed by atoms with Crippen molar-refractivity contribution in [2.45, 2.75) is 27.2 Å². The monoisotopic (exact) mass is 335 g/mol. The van der Waals surface area contributed by atoms with Crippen LogP contribution in [0.4, 0.5) is 5.82 Å². The first kappa shape index (κ1) is 14.8. The third kappa shape index (κ3) is 3.70. The highest BCUT2D eigenvalue weighted by Gasteiger charge is 2.11. The SMILES string of the molecule is CCCNc1nc(C)nc(Oc2cccc(Br)c2)c1C. The van der Waals surface area contributed by atoms with Crippen molar-refractivity contribution in [3.63, 3.8) is 0 Å². The third-order valence-corrected chi connectivity index (χ3v) is 3.26. The van der Waals surface area contributed by atoms with Crippen LogP contribution in [-0.2, 0) is 0 Å². The summed E-state index contributed by atoms with van der Waals surface area (Å²) >= 11 is 3.43. The minimum Gasteiger partial charge on any atom is -0.439 e. The maximum atomic E-state index is 5.87. The molecular formula is C15H18BrN3O. The topological polar surface area (TPSA) is 47.0 Å². The van der Waals surface area contributed by atoms with Crippen molar-refractivity contribution in [3.05, 3.63) is 40.1 Å². The first-order valence-corrected chi connectivity index (χ1v) is 7.42. The molecule has 1 heterocycles. The van der Waals surface area contributed by atoms with Crippen LogP contribution in [0.5, 0.6) is 11.6 Å². The lowest BCUT2D eigenvalue weighted by atomic mass is 10.3. The quantitative estimate of drug-likeness (QED) is 0.875. The molecule has 106 valence electrons. The Morgan fingerprint density at radius 3 is 2.75 bits per heavy atom. The van der Waals surface area contributed by atoms with E-state index in [9.17, 15) is 0 Å². The van der Waals surface area contributed by atoms with Gasteiger partial charge in [-0.15, -0.1) is 0 Å². The largest absolute Gasteiger partial charge is 0.439 e. The fourth-order valence-electron chi connectivity index (χ4n) is 1.76. The van der Waals surface area contributed by atoms with Gasteiger partial charge < -0.3 is 10.1 Å². The molecular weight excluding hydrogens is 318 g/mol. The van der Waals surface area contributed by atoms with E-state index in [0.717, 1.165) is 34.6 Å². The standard InChI is InChI=1S/C15H18BrN3O/c1-4-8-17-14-10(2)15(19-11(3)18-14)20-13-7-5-6-12(16)9-13/h5-7,9H,4,8H2,1-3H3,(H,17,18,19). The number of anilines is 1. The Hall–Kier alpha value is -1.62. The molecule has 2 rings (SSSR count). The van der Waals surface area contributed by atoms with E-state index in [2.05, 4.69) is 38.1 Å². The minimum atomic E-state index is 0.592. The molecule has 0 aliphatic heterocycles. The van der Waals surface area contributed by atoms with E-state index in [0.29, 0.717) is 11.7 Å². The molecule has 0 aliphatic rings. The highest BCUT2D eigenvalue weighted by atomic mass is 79.9. The number of ether oxygens (including phenoxy) is 1. The van der Waals surface area contributed by atoms with Crippen molar-refractivity contribution in [2.24, 2.45) is 0 Å². The van der Waals surface area contributed by atoms with Gasteiger partial charge in [0.25, 0.3) is 0 Å². The van der Waals surface area contributed by atoms with Gasteiger partial charge in [-0.3, -0.25) is 0 Å². The number of aryl methyl sites for hydroxylation is 1. The molecule has 0 saturated heterocycles. The van der Waals surface area contributed by atoms with Gasteiger partial charge >= 0.3 is 0 Å². The van der Waals surface area contributed by atoms with Crippen molar-refractivity contribution in [1.82, 2.24) is 9.97 Å². The normalized spacial score (nSPS) is 10.4. The third-order valence-electron chi connectivity index (χ3n) is 2.77. The number of halogens is 1. The summed E-state index contributed by atoms with van der Waals surface area (Å²) in [6, 6.07) is 7.70. The van der Waals surface area contributed by atoms with Crippen LogP contribution in [0.1, 0.15) is 24.7 Å². The van der Waals surface area contributed by atoms with Crippen molar-refractivity contribution < 1.29 is 4.74 Å². The van der Waals surface area contributed by atoms with Gasteiger partial charge in [-0.1, -0.05) is 28.9 Å². The lowest BCUT2D eigenvalue weighted by Crippen LogP contribution is -2.07. The molecule has 0 radical (unpaired) electrons. The second-order valence-electron chi connectivity index (χ2n) is 4.54. The molecule has 0 amide bonds. The molecule has 0 saturated carbocycles. The lowest BCUT2D eigenvalue weighted by Gasteiger charge is -2.13. The van der Waals surface area contributed by atoms with Gasteiger partial charge in [0, 0.05) is 11.0 Å². The molecule has 20 heavy (non-hydrogen) atoms. The van der Waals surface area contributed by atoms with Crippen molar-refractivity contribution in [2.75, 3.05) is 11.9 Å². The summed E-state index contributed by atoms with van der Waals surface area (Å²) in [6.45, 7) is 6.83. The highest BCUT2D eigenvalue weighted by molar-refractivity contribution is 9.10. The van der Waals surface area contributed by atoms with Crippen LogP contribution >= 0.6 is 15.9 Å². The van der Waals surface area contributed by atoms with E-state index in [-0.39, 0.29) is 0 Å². The van der Waals surface area contributed by atoms with Crippen LogP contribution in [0.2, 0.25) is 0 Å². The molecule has 1 N–H and O–H groups in total. The summed E-state index contributed by atoms with van der Waals surface area (Å²) in [7, 11) is 0. The zero-order valence-corrected chi connectivity index (χ0v) is 13.5. The molecule has 1 aromatic heterocycles.